The fraction of sp³-hybridized carbons (Fsp3) is 0. The van der Waals surface area contributed by atoms with Crippen molar-refractivity contribution in [3.63, 3.8) is 0 Å². The van der Waals surface area contributed by atoms with Gasteiger partial charge in [-0.05, 0) is 78.7 Å². The first kappa shape index (κ1) is 30.0. The summed E-state index contributed by atoms with van der Waals surface area (Å²) >= 11 is 1.89. The van der Waals surface area contributed by atoms with Crippen molar-refractivity contribution in [3.05, 3.63) is 182 Å². The molecule has 3 heteroatoms. The van der Waals surface area contributed by atoms with Crippen molar-refractivity contribution < 1.29 is 0 Å². The molecule has 0 aliphatic carbocycles. The van der Waals surface area contributed by atoms with Gasteiger partial charge in [0.25, 0.3) is 0 Å². The van der Waals surface area contributed by atoms with Crippen LogP contribution in [-0.2, 0) is 0 Å². The lowest BCUT2D eigenvalue weighted by atomic mass is 9.91. The Bertz CT molecular complexity index is 3190. The molecule has 0 aliphatic rings. The largest absolute Gasteiger partial charge is 0.252 e. The van der Waals surface area contributed by atoms with E-state index in [0.717, 1.165) is 27.4 Å². The van der Waals surface area contributed by atoms with E-state index in [9.17, 15) is 0 Å². The molecule has 0 fully saturated rings. The lowest BCUT2D eigenvalue weighted by Crippen LogP contribution is -1.89. The molecule has 0 saturated carbocycles. The predicted octanol–water partition coefficient (Wildman–Crippen LogP) is 14.1. The second kappa shape index (κ2) is 11.9. The van der Waals surface area contributed by atoms with E-state index in [4.69, 9.17) is 9.97 Å². The van der Waals surface area contributed by atoms with E-state index in [1.165, 1.54) is 80.7 Å². The molecule has 0 unspecified atom stereocenters. The van der Waals surface area contributed by atoms with Crippen molar-refractivity contribution in [2.75, 3.05) is 0 Å². The van der Waals surface area contributed by atoms with Gasteiger partial charge in [-0.2, -0.15) is 0 Å². The number of thiophene rings is 1. The summed E-state index contributed by atoms with van der Waals surface area (Å²) in [4.78, 5) is 9.53. The number of hydrogen-bond acceptors (Lipinski definition) is 3. The Labute approximate surface area is 310 Å². The summed E-state index contributed by atoms with van der Waals surface area (Å²) in [6.45, 7) is 0. The molecule has 2 nitrogen and oxygen atoms in total. The number of benzene rings is 9. The SMILES string of the molecule is c1cc(-c2ccc(-c3cccc4c(-c5cccc6c5sc5ccccc56)cccc34)cc2)cc(-c2ccc3c4ccccc4c4nccnc4c3c2)c1. The van der Waals surface area contributed by atoms with Crippen LogP contribution in [0.1, 0.15) is 0 Å². The van der Waals surface area contributed by atoms with Crippen molar-refractivity contribution in [3.8, 4) is 44.5 Å². The molecule has 246 valence electrons. The van der Waals surface area contributed by atoms with Gasteiger partial charge in [-0.15, -0.1) is 11.3 Å². The Hall–Kier alpha value is -6.68. The summed E-state index contributed by atoms with van der Waals surface area (Å²) in [5, 5.41) is 9.85. The Balaban J connectivity index is 0.966. The van der Waals surface area contributed by atoms with Gasteiger partial charge >= 0.3 is 0 Å². The number of nitrogens with zero attached hydrogens (tertiary/aromatic N) is 2. The average molecular weight is 691 g/mol. The maximum Gasteiger partial charge on any atom is 0.0971 e. The first-order chi connectivity index (χ1) is 26.3. The molecule has 53 heavy (non-hydrogen) atoms. The second-order valence-corrected chi connectivity index (χ2v) is 14.8. The van der Waals surface area contributed by atoms with Gasteiger partial charge in [-0.1, -0.05) is 152 Å². The molecule has 0 N–H and O–H groups in total. The molecule has 9 aromatic carbocycles. The quantitative estimate of drug-likeness (QED) is 0.172. The first-order valence-electron chi connectivity index (χ1n) is 18.0. The molecule has 11 aromatic rings. The van der Waals surface area contributed by atoms with E-state index < -0.39 is 0 Å². The van der Waals surface area contributed by atoms with Gasteiger partial charge in [0.1, 0.15) is 0 Å². The normalized spacial score (nSPS) is 11.8. The third-order valence-electron chi connectivity index (χ3n) is 10.8. The molecule has 0 amide bonds. The lowest BCUT2D eigenvalue weighted by Gasteiger charge is -2.13. The van der Waals surface area contributed by atoms with E-state index in [1.807, 2.05) is 11.3 Å². The molecule has 0 aliphatic heterocycles. The summed E-state index contributed by atoms with van der Waals surface area (Å²) < 4.78 is 2.67. The van der Waals surface area contributed by atoms with Crippen LogP contribution >= 0.6 is 11.3 Å². The van der Waals surface area contributed by atoms with Crippen LogP contribution < -0.4 is 0 Å². The highest BCUT2D eigenvalue weighted by Crippen LogP contribution is 2.43. The maximum absolute atomic E-state index is 4.79. The summed E-state index contributed by atoms with van der Waals surface area (Å²) in [7, 11) is 0. The van der Waals surface area contributed by atoms with Crippen LogP contribution in [0.15, 0.2) is 182 Å². The zero-order chi connectivity index (χ0) is 34.9. The molecule has 0 radical (unpaired) electrons. The lowest BCUT2D eigenvalue weighted by molar-refractivity contribution is 1.31. The van der Waals surface area contributed by atoms with Crippen molar-refractivity contribution >= 4 is 74.9 Å². The molecule has 11 rings (SSSR count). The highest BCUT2D eigenvalue weighted by atomic mass is 32.1. The summed E-state index contributed by atoms with van der Waals surface area (Å²) in [5.74, 6) is 0. The van der Waals surface area contributed by atoms with E-state index in [2.05, 4.69) is 170 Å². The first-order valence-corrected chi connectivity index (χ1v) is 18.8. The molecule has 2 heterocycles. The van der Waals surface area contributed by atoms with Gasteiger partial charge in [0.15, 0.2) is 0 Å². The van der Waals surface area contributed by atoms with Gasteiger partial charge in [-0.3, -0.25) is 9.97 Å². The topological polar surface area (TPSA) is 25.8 Å². The Morgan fingerprint density at radius 3 is 1.64 bits per heavy atom. The summed E-state index contributed by atoms with van der Waals surface area (Å²) in [6.07, 6.45) is 3.57. The Morgan fingerprint density at radius 2 is 0.830 bits per heavy atom. The fourth-order valence-electron chi connectivity index (χ4n) is 8.29. The predicted molar refractivity (Wildman–Crippen MR) is 227 cm³/mol. The van der Waals surface area contributed by atoms with Gasteiger partial charge in [0, 0.05) is 48.9 Å². The van der Waals surface area contributed by atoms with Crippen LogP contribution in [0.2, 0.25) is 0 Å². The van der Waals surface area contributed by atoms with Gasteiger partial charge < -0.3 is 0 Å². The smallest absolute Gasteiger partial charge is 0.0971 e. The maximum atomic E-state index is 4.79. The molecule has 0 atom stereocenters. The third kappa shape index (κ3) is 4.78. The highest BCUT2D eigenvalue weighted by molar-refractivity contribution is 7.26. The minimum absolute atomic E-state index is 0.937. The monoisotopic (exact) mass is 690 g/mol. The summed E-state index contributed by atoms with van der Waals surface area (Å²) in [5.41, 5.74) is 11.6. The number of rotatable bonds is 4. The van der Waals surface area contributed by atoms with Crippen molar-refractivity contribution in [1.29, 1.82) is 0 Å². The van der Waals surface area contributed by atoms with Crippen LogP contribution in [-0.4, -0.2) is 9.97 Å². The Morgan fingerprint density at radius 1 is 0.302 bits per heavy atom. The van der Waals surface area contributed by atoms with Crippen LogP contribution in [0.25, 0.3) is 108 Å². The van der Waals surface area contributed by atoms with Crippen LogP contribution in [0.5, 0.6) is 0 Å². The Kier molecular flexibility index (Phi) is 6.76. The molecular formula is C50H30N2S. The molecular weight excluding hydrogens is 661 g/mol. The van der Waals surface area contributed by atoms with Crippen molar-refractivity contribution in [2.24, 2.45) is 0 Å². The summed E-state index contributed by atoms with van der Waals surface area (Å²) in [6, 6.07) is 62.0. The molecule has 0 saturated heterocycles. The van der Waals surface area contributed by atoms with E-state index in [-0.39, 0.29) is 0 Å². The fourth-order valence-corrected chi connectivity index (χ4v) is 9.52. The average Bonchev–Trinajstić information content (AvgIpc) is 3.62. The minimum atomic E-state index is 0.937. The number of hydrogen-bond donors (Lipinski definition) is 0. The minimum Gasteiger partial charge on any atom is -0.252 e. The van der Waals surface area contributed by atoms with E-state index in [0.29, 0.717) is 0 Å². The number of aromatic nitrogens is 2. The van der Waals surface area contributed by atoms with Gasteiger partial charge in [-0.25, -0.2) is 0 Å². The van der Waals surface area contributed by atoms with Gasteiger partial charge in [0.2, 0.25) is 0 Å². The van der Waals surface area contributed by atoms with E-state index in [1.54, 1.807) is 12.4 Å². The second-order valence-electron chi connectivity index (χ2n) is 13.7. The highest BCUT2D eigenvalue weighted by Gasteiger charge is 2.15. The van der Waals surface area contributed by atoms with Crippen LogP contribution in [0.4, 0.5) is 0 Å². The van der Waals surface area contributed by atoms with Crippen LogP contribution in [0.3, 0.4) is 0 Å². The molecule has 0 bridgehead atoms. The third-order valence-corrected chi connectivity index (χ3v) is 12.0. The van der Waals surface area contributed by atoms with Crippen molar-refractivity contribution in [1.82, 2.24) is 9.97 Å². The molecule has 2 aromatic heterocycles. The van der Waals surface area contributed by atoms with Crippen LogP contribution in [0, 0.1) is 0 Å². The zero-order valence-corrected chi connectivity index (χ0v) is 29.4. The number of fused-ring (bicyclic) bond motifs is 10. The molecule has 0 spiro atoms. The van der Waals surface area contributed by atoms with E-state index >= 15 is 0 Å². The van der Waals surface area contributed by atoms with Gasteiger partial charge in [0.05, 0.1) is 11.0 Å². The standard InChI is InChI=1S/C50H30N2S/c1-2-13-43-39(11-1)41-26-25-35(30-46(41)49-48(43)51-27-28-52-49)34-10-5-9-33(29-34)31-21-23-32(24-22-31)36-14-6-16-38-37(36)15-7-17-40(38)44-18-8-19-45-42-12-3-4-20-47(42)53-50(44)45/h1-30H. The van der Waals surface area contributed by atoms with Crippen molar-refractivity contribution in [2.45, 2.75) is 0 Å². The zero-order valence-electron chi connectivity index (χ0n) is 28.6.